The number of sulfonamides is 1. The molecule has 6 heteroatoms. The Morgan fingerprint density at radius 3 is 2.71 bits per heavy atom. The summed E-state index contributed by atoms with van der Waals surface area (Å²) in [5.41, 5.74) is 6.78. The van der Waals surface area contributed by atoms with Crippen LogP contribution in [0.2, 0.25) is 0 Å². The van der Waals surface area contributed by atoms with Crippen LogP contribution in [0.15, 0.2) is 24.3 Å². The average molecular weight is 258 g/mol. The molecular weight excluding hydrogens is 240 g/mol. The Morgan fingerprint density at radius 2 is 2.06 bits per heavy atom. The molecule has 17 heavy (non-hydrogen) atoms. The third-order valence-corrected chi connectivity index (χ3v) is 3.51. The minimum absolute atomic E-state index is 0.105. The summed E-state index contributed by atoms with van der Waals surface area (Å²) in [4.78, 5) is 0. The third-order valence-electron chi connectivity index (χ3n) is 2.17. The van der Waals surface area contributed by atoms with E-state index in [9.17, 15) is 8.42 Å². The van der Waals surface area contributed by atoms with E-state index < -0.39 is 10.0 Å². The summed E-state index contributed by atoms with van der Waals surface area (Å²) in [6, 6.07) is 6.93. The number of hydrogen-bond acceptors (Lipinski definition) is 4. The maximum absolute atomic E-state index is 11.7. The largest absolute Gasteiger partial charge is 0.398 e. The normalized spacial score (nSPS) is 11.6. The van der Waals surface area contributed by atoms with Gasteiger partial charge in [-0.3, -0.25) is 0 Å². The average Bonchev–Trinajstić information content (AvgIpc) is 2.28. The van der Waals surface area contributed by atoms with Gasteiger partial charge in [-0.05, 0) is 18.6 Å². The van der Waals surface area contributed by atoms with Crippen LogP contribution in [0.4, 0.5) is 5.69 Å². The first-order valence-electron chi connectivity index (χ1n) is 5.43. The van der Waals surface area contributed by atoms with Crippen molar-refractivity contribution in [3.63, 3.8) is 0 Å². The number of para-hydroxylation sites is 1. The predicted molar refractivity (Wildman–Crippen MR) is 68.0 cm³/mol. The number of anilines is 1. The molecule has 0 bridgehead atoms. The molecule has 0 saturated heterocycles. The Balaban J connectivity index is 2.52. The quantitative estimate of drug-likeness (QED) is 0.558. The van der Waals surface area contributed by atoms with Gasteiger partial charge in [-0.25, -0.2) is 13.1 Å². The van der Waals surface area contributed by atoms with Crippen molar-refractivity contribution in [2.75, 3.05) is 25.5 Å². The fourth-order valence-corrected chi connectivity index (χ4v) is 2.50. The monoisotopic (exact) mass is 258 g/mol. The number of nitrogens with two attached hydrogens (primary N) is 1. The van der Waals surface area contributed by atoms with Crippen LogP contribution in [0.25, 0.3) is 0 Å². The van der Waals surface area contributed by atoms with Crippen molar-refractivity contribution in [2.45, 2.75) is 12.7 Å². The first-order chi connectivity index (χ1) is 8.05. The van der Waals surface area contributed by atoms with Crippen LogP contribution in [-0.2, 0) is 20.5 Å². The number of nitrogens with one attached hydrogen (secondary N) is 1. The highest BCUT2D eigenvalue weighted by atomic mass is 32.2. The molecule has 0 unspecified atom stereocenters. The molecule has 5 nitrogen and oxygen atoms in total. The Bertz CT molecular complexity index is 446. The van der Waals surface area contributed by atoms with Gasteiger partial charge in [-0.15, -0.1) is 0 Å². The van der Waals surface area contributed by atoms with Gasteiger partial charge < -0.3 is 10.5 Å². The van der Waals surface area contributed by atoms with Gasteiger partial charge in [-0.1, -0.05) is 18.2 Å². The molecule has 0 radical (unpaired) electrons. The topological polar surface area (TPSA) is 81.4 Å². The number of benzene rings is 1. The molecular formula is C11H18N2O3S. The standard InChI is InChI=1S/C11H18N2O3S/c1-2-16-8-7-13-17(14,15)9-10-5-3-4-6-11(10)12/h3-6,13H,2,7-9,12H2,1H3. The van der Waals surface area contributed by atoms with Crippen LogP contribution in [0, 0.1) is 0 Å². The molecule has 0 aliphatic heterocycles. The molecule has 0 saturated carbocycles. The number of nitrogen functional groups attached to an aromatic ring is 1. The lowest BCUT2D eigenvalue weighted by molar-refractivity contribution is 0.153. The van der Waals surface area contributed by atoms with E-state index >= 15 is 0 Å². The van der Waals surface area contributed by atoms with E-state index in [1.54, 1.807) is 24.3 Å². The van der Waals surface area contributed by atoms with Crippen molar-refractivity contribution in [1.82, 2.24) is 4.72 Å². The van der Waals surface area contributed by atoms with Crippen molar-refractivity contribution in [3.05, 3.63) is 29.8 Å². The lowest BCUT2D eigenvalue weighted by atomic mass is 10.2. The van der Waals surface area contributed by atoms with Crippen LogP contribution in [0.5, 0.6) is 0 Å². The van der Waals surface area contributed by atoms with E-state index in [4.69, 9.17) is 10.5 Å². The fraction of sp³-hybridized carbons (Fsp3) is 0.455. The second-order valence-electron chi connectivity index (χ2n) is 3.55. The molecule has 0 amide bonds. The molecule has 0 spiro atoms. The van der Waals surface area contributed by atoms with E-state index in [1.807, 2.05) is 6.92 Å². The van der Waals surface area contributed by atoms with Gasteiger partial charge in [0.1, 0.15) is 0 Å². The molecule has 1 rings (SSSR count). The fourth-order valence-electron chi connectivity index (χ4n) is 1.34. The van der Waals surface area contributed by atoms with Gasteiger partial charge in [0.2, 0.25) is 10.0 Å². The van der Waals surface area contributed by atoms with Gasteiger partial charge in [0.15, 0.2) is 0 Å². The molecule has 0 fully saturated rings. The zero-order chi connectivity index (χ0) is 12.7. The lowest BCUT2D eigenvalue weighted by Gasteiger charge is -2.08. The van der Waals surface area contributed by atoms with Gasteiger partial charge in [-0.2, -0.15) is 0 Å². The van der Waals surface area contributed by atoms with Crippen molar-refractivity contribution < 1.29 is 13.2 Å². The van der Waals surface area contributed by atoms with Crippen molar-refractivity contribution >= 4 is 15.7 Å². The number of ether oxygens (including phenoxy) is 1. The Morgan fingerprint density at radius 1 is 1.35 bits per heavy atom. The van der Waals surface area contributed by atoms with Crippen molar-refractivity contribution in [2.24, 2.45) is 0 Å². The predicted octanol–water partition coefficient (Wildman–Crippen LogP) is 0.725. The van der Waals surface area contributed by atoms with Gasteiger partial charge in [0.05, 0.1) is 12.4 Å². The maximum atomic E-state index is 11.7. The molecule has 3 N–H and O–H groups in total. The van der Waals surface area contributed by atoms with Crippen molar-refractivity contribution in [1.29, 1.82) is 0 Å². The summed E-state index contributed by atoms with van der Waals surface area (Å²) in [5.74, 6) is -0.105. The highest BCUT2D eigenvalue weighted by Crippen LogP contribution is 2.13. The minimum Gasteiger partial charge on any atom is -0.398 e. The highest BCUT2D eigenvalue weighted by Gasteiger charge is 2.12. The third kappa shape index (κ3) is 5.16. The van der Waals surface area contributed by atoms with Crippen LogP contribution < -0.4 is 10.5 Å². The van der Waals surface area contributed by atoms with Crippen LogP contribution in [0.3, 0.4) is 0 Å². The minimum atomic E-state index is -3.35. The lowest BCUT2D eigenvalue weighted by Crippen LogP contribution is -2.28. The molecule has 0 aromatic heterocycles. The van der Waals surface area contributed by atoms with Gasteiger partial charge in [0, 0.05) is 18.8 Å². The molecule has 0 aliphatic rings. The molecule has 0 aliphatic carbocycles. The second-order valence-corrected chi connectivity index (χ2v) is 5.36. The summed E-state index contributed by atoms with van der Waals surface area (Å²) in [7, 11) is -3.35. The summed E-state index contributed by atoms with van der Waals surface area (Å²) >= 11 is 0. The van der Waals surface area contributed by atoms with E-state index in [2.05, 4.69) is 4.72 Å². The van der Waals surface area contributed by atoms with E-state index in [-0.39, 0.29) is 12.3 Å². The summed E-state index contributed by atoms with van der Waals surface area (Å²) in [6.45, 7) is 3.09. The smallest absolute Gasteiger partial charge is 0.215 e. The first kappa shape index (κ1) is 14.0. The Hall–Kier alpha value is -1.11. The molecule has 0 atom stereocenters. The molecule has 96 valence electrons. The SMILES string of the molecule is CCOCCNS(=O)(=O)Cc1ccccc1N. The zero-order valence-corrected chi connectivity index (χ0v) is 10.7. The van der Waals surface area contributed by atoms with E-state index in [0.717, 1.165) is 0 Å². The summed E-state index contributed by atoms with van der Waals surface area (Å²) in [6.07, 6.45) is 0. The molecule has 0 heterocycles. The van der Waals surface area contributed by atoms with Gasteiger partial charge >= 0.3 is 0 Å². The van der Waals surface area contributed by atoms with Gasteiger partial charge in [0.25, 0.3) is 0 Å². The van der Waals surface area contributed by atoms with Crippen LogP contribution in [-0.4, -0.2) is 28.2 Å². The Kier molecular flexibility index (Phi) is 5.40. The van der Waals surface area contributed by atoms with Crippen LogP contribution >= 0.6 is 0 Å². The zero-order valence-electron chi connectivity index (χ0n) is 9.85. The molecule has 1 aromatic carbocycles. The van der Waals surface area contributed by atoms with Crippen molar-refractivity contribution in [3.8, 4) is 0 Å². The Labute approximate surface area is 102 Å². The van der Waals surface area contributed by atoms with E-state index in [1.165, 1.54) is 0 Å². The first-order valence-corrected chi connectivity index (χ1v) is 7.09. The van der Waals surface area contributed by atoms with E-state index in [0.29, 0.717) is 24.5 Å². The molecule has 1 aromatic rings. The summed E-state index contributed by atoms with van der Waals surface area (Å²) in [5, 5.41) is 0. The summed E-state index contributed by atoms with van der Waals surface area (Å²) < 4.78 is 30.9. The van der Waals surface area contributed by atoms with Crippen LogP contribution in [0.1, 0.15) is 12.5 Å². The highest BCUT2D eigenvalue weighted by molar-refractivity contribution is 7.88. The number of rotatable bonds is 7. The second kappa shape index (κ2) is 6.58. The maximum Gasteiger partial charge on any atom is 0.215 e. The number of hydrogen-bond donors (Lipinski definition) is 2.